The van der Waals surface area contributed by atoms with E-state index in [0.29, 0.717) is 10.6 Å². The number of anilines is 1. The van der Waals surface area contributed by atoms with Crippen molar-refractivity contribution in [2.75, 3.05) is 18.2 Å². The molecule has 3 aromatic rings. The van der Waals surface area contributed by atoms with Gasteiger partial charge in [-0.3, -0.25) is 19.7 Å². The highest BCUT2D eigenvalue weighted by atomic mass is 32.2. The number of fused-ring (bicyclic) bond motifs is 1. The fourth-order valence-electron chi connectivity index (χ4n) is 4.04. The van der Waals surface area contributed by atoms with Crippen LogP contribution in [0.15, 0.2) is 65.6 Å². The standard InChI is InChI=1S/C26H22N2O6S/c1-35-23-12-10-18(14-22(23)28(32)33)25(30)20-7-2-3-8-21(20)26(31)34-15-24(29)27-19-11-9-16-5-4-6-17(16)13-19/h2-3,7-14H,4-6,15H2,1H3,(H,27,29). The van der Waals surface area contributed by atoms with Gasteiger partial charge in [0.25, 0.3) is 11.6 Å². The number of ether oxygens (including phenoxy) is 1. The number of amides is 1. The topological polar surface area (TPSA) is 116 Å². The van der Waals surface area contributed by atoms with Crippen LogP contribution in [-0.4, -0.2) is 35.4 Å². The van der Waals surface area contributed by atoms with E-state index in [-0.39, 0.29) is 22.4 Å². The van der Waals surface area contributed by atoms with Crippen molar-refractivity contribution in [3.63, 3.8) is 0 Å². The number of nitrogens with zero attached hydrogens (tertiary/aromatic N) is 1. The summed E-state index contributed by atoms with van der Waals surface area (Å²) in [6.07, 6.45) is 4.81. The Hall–Kier alpha value is -3.98. The molecule has 8 nitrogen and oxygen atoms in total. The first kappa shape index (κ1) is 24.2. The van der Waals surface area contributed by atoms with E-state index in [0.717, 1.165) is 19.3 Å². The Morgan fingerprint density at radius 2 is 1.74 bits per heavy atom. The molecular formula is C26H22N2O6S. The highest BCUT2D eigenvalue weighted by molar-refractivity contribution is 7.98. The Kier molecular flexibility index (Phi) is 7.26. The van der Waals surface area contributed by atoms with Crippen LogP contribution >= 0.6 is 11.8 Å². The largest absolute Gasteiger partial charge is 0.452 e. The summed E-state index contributed by atoms with van der Waals surface area (Å²) in [6.45, 7) is -0.521. The van der Waals surface area contributed by atoms with Gasteiger partial charge in [0, 0.05) is 22.9 Å². The minimum absolute atomic E-state index is 0.0283. The van der Waals surface area contributed by atoms with Gasteiger partial charge in [0.1, 0.15) is 0 Å². The van der Waals surface area contributed by atoms with E-state index >= 15 is 0 Å². The zero-order valence-corrected chi connectivity index (χ0v) is 19.7. The Morgan fingerprint density at radius 3 is 2.49 bits per heavy atom. The molecule has 0 aliphatic heterocycles. The predicted molar refractivity (Wildman–Crippen MR) is 132 cm³/mol. The molecule has 1 aliphatic rings. The van der Waals surface area contributed by atoms with E-state index in [1.807, 2.05) is 18.2 Å². The minimum atomic E-state index is -0.840. The third kappa shape index (κ3) is 5.41. The van der Waals surface area contributed by atoms with Gasteiger partial charge < -0.3 is 10.1 Å². The maximum atomic E-state index is 13.1. The molecule has 0 unspecified atom stereocenters. The molecule has 9 heteroatoms. The highest BCUT2D eigenvalue weighted by Gasteiger charge is 2.23. The van der Waals surface area contributed by atoms with Crippen molar-refractivity contribution in [2.24, 2.45) is 0 Å². The van der Waals surface area contributed by atoms with Gasteiger partial charge in [-0.05, 0) is 67.0 Å². The number of nitro groups is 1. The van der Waals surface area contributed by atoms with E-state index in [9.17, 15) is 24.5 Å². The number of thioether (sulfide) groups is 1. The first-order chi connectivity index (χ1) is 16.9. The number of carbonyl (C=O) groups is 3. The lowest BCUT2D eigenvalue weighted by Gasteiger charge is -2.11. The lowest BCUT2D eigenvalue weighted by Crippen LogP contribution is -2.22. The summed E-state index contributed by atoms with van der Waals surface area (Å²) in [5.74, 6) is -1.90. The number of esters is 1. The van der Waals surface area contributed by atoms with Crippen LogP contribution in [0.5, 0.6) is 0 Å². The zero-order chi connectivity index (χ0) is 24.9. The quantitative estimate of drug-likeness (QED) is 0.158. The minimum Gasteiger partial charge on any atom is -0.452 e. The number of benzene rings is 3. The van der Waals surface area contributed by atoms with Crippen LogP contribution in [0.1, 0.15) is 43.8 Å². The van der Waals surface area contributed by atoms with Gasteiger partial charge in [-0.1, -0.05) is 24.3 Å². The molecule has 0 radical (unpaired) electrons. The first-order valence-corrected chi connectivity index (χ1v) is 12.1. The van der Waals surface area contributed by atoms with Crippen molar-refractivity contribution in [1.29, 1.82) is 0 Å². The van der Waals surface area contributed by atoms with E-state index in [1.54, 1.807) is 18.4 Å². The van der Waals surface area contributed by atoms with Gasteiger partial charge in [-0.2, -0.15) is 0 Å². The molecule has 0 spiro atoms. The molecule has 0 saturated heterocycles. The molecule has 1 amide bonds. The fourth-order valence-corrected chi connectivity index (χ4v) is 4.59. The second kappa shape index (κ2) is 10.5. The molecule has 0 bridgehead atoms. The van der Waals surface area contributed by atoms with Crippen LogP contribution in [0.3, 0.4) is 0 Å². The third-order valence-electron chi connectivity index (χ3n) is 5.75. The number of hydrogen-bond acceptors (Lipinski definition) is 7. The summed E-state index contributed by atoms with van der Waals surface area (Å²) >= 11 is 1.20. The number of nitrogens with one attached hydrogen (secondary N) is 1. The molecule has 1 N–H and O–H groups in total. The summed E-state index contributed by atoms with van der Waals surface area (Å²) in [4.78, 5) is 49.4. The zero-order valence-electron chi connectivity index (χ0n) is 18.9. The van der Waals surface area contributed by atoms with Gasteiger partial charge >= 0.3 is 5.97 Å². The van der Waals surface area contributed by atoms with Crippen molar-refractivity contribution in [2.45, 2.75) is 24.2 Å². The van der Waals surface area contributed by atoms with E-state index in [2.05, 4.69) is 5.32 Å². The second-order valence-corrected chi connectivity index (χ2v) is 8.83. The first-order valence-electron chi connectivity index (χ1n) is 10.9. The van der Waals surface area contributed by atoms with Crippen molar-refractivity contribution < 1.29 is 24.0 Å². The molecule has 0 saturated carbocycles. The molecule has 0 fully saturated rings. The summed E-state index contributed by atoms with van der Waals surface area (Å²) in [6, 6.07) is 15.9. The number of rotatable bonds is 8. The molecular weight excluding hydrogens is 468 g/mol. The van der Waals surface area contributed by atoms with Crippen LogP contribution in [-0.2, 0) is 22.4 Å². The van der Waals surface area contributed by atoms with Crippen molar-refractivity contribution in [3.8, 4) is 0 Å². The lowest BCUT2D eigenvalue weighted by atomic mass is 9.98. The predicted octanol–water partition coefficient (Wildman–Crippen LogP) is 4.83. The average molecular weight is 491 g/mol. The summed E-state index contributed by atoms with van der Waals surface area (Å²) in [5, 5.41) is 14.1. The summed E-state index contributed by atoms with van der Waals surface area (Å²) in [7, 11) is 0. The molecule has 4 rings (SSSR count). The van der Waals surface area contributed by atoms with Gasteiger partial charge in [-0.15, -0.1) is 11.8 Å². The maximum absolute atomic E-state index is 13.1. The number of ketones is 1. The fraction of sp³-hybridized carbons (Fsp3) is 0.192. The molecule has 3 aromatic carbocycles. The summed E-state index contributed by atoms with van der Waals surface area (Å²) < 4.78 is 5.17. The maximum Gasteiger partial charge on any atom is 0.339 e. The Bertz CT molecular complexity index is 1340. The number of nitro benzene ring substituents is 1. The van der Waals surface area contributed by atoms with Crippen LogP contribution in [0.2, 0.25) is 0 Å². The van der Waals surface area contributed by atoms with Crippen LogP contribution in [0.25, 0.3) is 0 Å². The van der Waals surface area contributed by atoms with Gasteiger partial charge in [-0.25, -0.2) is 4.79 Å². The Labute approximate surface area is 205 Å². The van der Waals surface area contributed by atoms with Crippen molar-refractivity contribution >= 4 is 40.8 Å². The number of hydrogen-bond donors (Lipinski definition) is 1. The normalized spacial score (nSPS) is 12.0. The van der Waals surface area contributed by atoms with Gasteiger partial charge in [0.15, 0.2) is 12.4 Å². The summed E-state index contributed by atoms with van der Waals surface area (Å²) in [5.41, 5.74) is 3.01. The number of aryl methyl sites for hydroxylation is 2. The van der Waals surface area contributed by atoms with Crippen LogP contribution in [0.4, 0.5) is 11.4 Å². The third-order valence-corrected chi connectivity index (χ3v) is 6.53. The monoisotopic (exact) mass is 490 g/mol. The lowest BCUT2D eigenvalue weighted by molar-refractivity contribution is -0.387. The SMILES string of the molecule is CSc1ccc(C(=O)c2ccccc2C(=O)OCC(=O)Nc2ccc3c(c2)CCC3)cc1[N+](=O)[O-]. The van der Waals surface area contributed by atoms with E-state index in [1.165, 1.54) is 53.2 Å². The highest BCUT2D eigenvalue weighted by Crippen LogP contribution is 2.29. The molecule has 178 valence electrons. The smallest absolute Gasteiger partial charge is 0.339 e. The Balaban J connectivity index is 1.46. The van der Waals surface area contributed by atoms with E-state index < -0.39 is 29.2 Å². The van der Waals surface area contributed by atoms with Crippen LogP contribution in [0, 0.1) is 10.1 Å². The molecule has 35 heavy (non-hydrogen) atoms. The van der Waals surface area contributed by atoms with Gasteiger partial charge in [0.2, 0.25) is 0 Å². The van der Waals surface area contributed by atoms with Crippen molar-refractivity contribution in [1.82, 2.24) is 0 Å². The molecule has 0 heterocycles. The Morgan fingerprint density at radius 1 is 1.00 bits per heavy atom. The van der Waals surface area contributed by atoms with Crippen molar-refractivity contribution in [3.05, 3.63) is 98.6 Å². The average Bonchev–Trinajstić information content (AvgIpc) is 3.34. The second-order valence-electron chi connectivity index (χ2n) is 7.98. The van der Waals surface area contributed by atoms with E-state index in [4.69, 9.17) is 4.74 Å². The van der Waals surface area contributed by atoms with Gasteiger partial charge in [0.05, 0.1) is 15.4 Å². The molecule has 1 aliphatic carbocycles. The molecule has 0 aromatic heterocycles. The number of carbonyl (C=O) groups excluding carboxylic acids is 3. The van der Waals surface area contributed by atoms with Crippen LogP contribution < -0.4 is 5.32 Å². The molecule has 0 atom stereocenters.